The molecule has 7 nitrogen and oxygen atoms in total. The molecule has 0 aliphatic carbocycles. The van der Waals surface area contributed by atoms with Gasteiger partial charge >= 0.3 is 0 Å². The van der Waals surface area contributed by atoms with E-state index in [1.165, 1.54) is 16.1 Å². The van der Waals surface area contributed by atoms with Crippen molar-refractivity contribution in [1.29, 1.82) is 0 Å². The maximum absolute atomic E-state index is 12.4. The first kappa shape index (κ1) is 18.4. The molecule has 0 saturated heterocycles. The number of anilines is 1. The van der Waals surface area contributed by atoms with Gasteiger partial charge in [0.15, 0.2) is 11.5 Å². The molecule has 7 heteroatoms. The van der Waals surface area contributed by atoms with Crippen LogP contribution in [-0.2, 0) is 13.0 Å². The molecule has 4 aromatic rings. The van der Waals surface area contributed by atoms with Crippen molar-refractivity contribution in [2.45, 2.75) is 33.7 Å². The molecular formula is C23H22N6O. The van der Waals surface area contributed by atoms with Crippen molar-refractivity contribution in [3.05, 3.63) is 81.3 Å². The van der Waals surface area contributed by atoms with Crippen LogP contribution in [0.2, 0.25) is 0 Å². The molecule has 1 aliphatic rings. The summed E-state index contributed by atoms with van der Waals surface area (Å²) in [6.45, 7) is 7.37. The molecule has 5 rings (SSSR count). The Bertz CT molecular complexity index is 1340. The third-order valence-electron chi connectivity index (χ3n) is 5.49. The normalized spacial score (nSPS) is 13.5. The zero-order chi connectivity index (χ0) is 20.8. The van der Waals surface area contributed by atoms with Gasteiger partial charge in [0.05, 0.1) is 0 Å². The van der Waals surface area contributed by atoms with E-state index in [0.717, 1.165) is 46.7 Å². The van der Waals surface area contributed by atoms with Gasteiger partial charge in [-0.3, -0.25) is 14.8 Å². The summed E-state index contributed by atoms with van der Waals surface area (Å²) in [5.74, 6) is 0.809. The van der Waals surface area contributed by atoms with E-state index in [-0.39, 0.29) is 5.56 Å². The van der Waals surface area contributed by atoms with Crippen molar-refractivity contribution in [3.8, 4) is 11.1 Å². The van der Waals surface area contributed by atoms with Crippen LogP contribution in [0, 0.1) is 20.8 Å². The molecule has 0 fully saturated rings. The zero-order valence-electron chi connectivity index (χ0n) is 17.3. The summed E-state index contributed by atoms with van der Waals surface area (Å²) in [7, 11) is 0. The molecule has 150 valence electrons. The fourth-order valence-electron chi connectivity index (χ4n) is 4.03. The van der Waals surface area contributed by atoms with Crippen molar-refractivity contribution in [2.24, 2.45) is 0 Å². The summed E-state index contributed by atoms with van der Waals surface area (Å²) in [6.07, 6.45) is 6.48. The average molecular weight is 398 g/mol. The van der Waals surface area contributed by atoms with Crippen LogP contribution in [0.3, 0.4) is 0 Å². The Balaban J connectivity index is 1.53. The van der Waals surface area contributed by atoms with Gasteiger partial charge in [0, 0.05) is 66.7 Å². The van der Waals surface area contributed by atoms with Crippen LogP contribution in [0.5, 0.6) is 0 Å². The maximum atomic E-state index is 12.4. The molecule has 30 heavy (non-hydrogen) atoms. The lowest BCUT2D eigenvalue weighted by atomic mass is 10.0. The van der Waals surface area contributed by atoms with Gasteiger partial charge in [0.1, 0.15) is 0 Å². The highest BCUT2D eigenvalue weighted by Crippen LogP contribution is 2.28. The number of pyridine rings is 2. The summed E-state index contributed by atoms with van der Waals surface area (Å²) in [6, 6.07) is 7.75. The highest BCUT2D eigenvalue weighted by atomic mass is 16.1. The van der Waals surface area contributed by atoms with Crippen LogP contribution >= 0.6 is 0 Å². The van der Waals surface area contributed by atoms with Gasteiger partial charge in [-0.1, -0.05) is 0 Å². The third-order valence-corrected chi connectivity index (χ3v) is 5.49. The van der Waals surface area contributed by atoms with E-state index in [0.29, 0.717) is 17.9 Å². The second kappa shape index (κ2) is 7.02. The first-order chi connectivity index (χ1) is 14.5. The summed E-state index contributed by atoms with van der Waals surface area (Å²) in [4.78, 5) is 28.1. The lowest BCUT2D eigenvalue weighted by Gasteiger charge is -2.30. The van der Waals surface area contributed by atoms with E-state index < -0.39 is 0 Å². The molecule has 4 aromatic heterocycles. The molecule has 1 aliphatic heterocycles. The predicted molar refractivity (Wildman–Crippen MR) is 116 cm³/mol. The van der Waals surface area contributed by atoms with Crippen molar-refractivity contribution in [3.63, 3.8) is 0 Å². The van der Waals surface area contributed by atoms with Gasteiger partial charge in [-0.2, -0.15) is 4.52 Å². The topological polar surface area (TPSA) is 76.3 Å². The first-order valence-electron chi connectivity index (χ1n) is 10.0. The minimum absolute atomic E-state index is 0.160. The molecular weight excluding hydrogens is 376 g/mol. The van der Waals surface area contributed by atoms with Crippen LogP contribution in [0.1, 0.15) is 28.1 Å². The smallest absolute Gasteiger partial charge is 0.274 e. The molecule has 0 radical (unpaired) electrons. The van der Waals surface area contributed by atoms with E-state index in [1.807, 2.05) is 45.4 Å². The van der Waals surface area contributed by atoms with Crippen LogP contribution in [0.15, 0.2) is 47.7 Å². The van der Waals surface area contributed by atoms with Crippen LogP contribution in [-0.4, -0.2) is 31.1 Å². The summed E-state index contributed by atoms with van der Waals surface area (Å²) < 4.78 is 1.39. The van der Waals surface area contributed by atoms with E-state index in [1.54, 1.807) is 0 Å². The van der Waals surface area contributed by atoms with Crippen molar-refractivity contribution in [2.75, 3.05) is 11.4 Å². The van der Waals surface area contributed by atoms with Crippen LogP contribution in [0.25, 0.3) is 16.8 Å². The van der Waals surface area contributed by atoms with Crippen LogP contribution in [0.4, 0.5) is 5.82 Å². The molecule has 0 unspecified atom stereocenters. The Morgan fingerprint density at radius 2 is 1.80 bits per heavy atom. The lowest BCUT2D eigenvalue weighted by molar-refractivity contribution is 0.685. The van der Waals surface area contributed by atoms with E-state index in [4.69, 9.17) is 4.98 Å². The van der Waals surface area contributed by atoms with E-state index >= 15 is 0 Å². The molecule has 0 bridgehead atoms. The van der Waals surface area contributed by atoms with E-state index in [9.17, 15) is 4.79 Å². The van der Waals surface area contributed by atoms with Crippen molar-refractivity contribution in [1.82, 2.24) is 24.6 Å². The number of aryl methyl sites for hydroxylation is 3. The van der Waals surface area contributed by atoms with Gasteiger partial charge in [-0.25, -0.2) is 4.98 Å². The monoisotopic (exact) mass is 398 g/mol. The average Bonchev–Trinajstić information content (AvgIpc) is 2.72. The Morgan fingerprint density at radius 3 is 2.63 bits per heavy atom. The first-order valence-corrected chi connectivity index (χ1v) is 10.0. The zero-order valence-corrected chi connectivity index (χ0v) is 17.3. The molecule has 0 amide bonds. The number of fused-ring (bicyclic) bond motifs is 2. The van der Waals surface area contributed by atoms with Crippen molar-refractivity contribution >= 4 is 11.5 Å². The lowest BCUT2D eigenvalue weighted by Crippen LogP contribution is -2.33. The van der Waals surface area contributed by atoms with Gasteiger partial charge in [0.2, 0.25) is 0 Å². The molecule has 0 spiro atoms. The Kier molecular flexibility index (Phi) is 4.31. The maximum Gasteiger partial charge on any atom is 0.274 e. The number of hydrogen-bond acceptors (Lipinski definition) is 6. The largest absolute Gasteiger partial charge is 0.350 e. The Morgan fingerprint density at radius 1 is 0.967 bits per heavy atom. The fraction of sp³-hybridized carbons (Fsp3) is 0.261. The molecule has 0 aromatic carbocycles. The minimum atomic E-state index is -0.160. The Hall–Kier alpha value is -3.61. The number of rotatable bonds is 2. The number of nitrogens with zero attached hydrogens (tertiary/aromatic N) is 6. The standard InChI is InChI=1S/C23H22N6O/c1-14-6-17(11-24-10-14)18-9-19-13-28(5-4-20(19)25-12-18)23-15(2)7-21-26-16(3)8-22(30)29(21)27-23/h6-12H,4-5,13H2,1-3H3. The van der Waals surface area contributed by atoms with Gasteiger partial charge in [-0.05, 0) is 55.7 Å². The van der Waals surface area contributed by atoms with Crippen LogP contribution < -0.4 is 10.5 Å². The Labute approximate surface area is 174 Å². The fourth-order valence-corrected chi connectivity index (χ4v) is 4.03. The molecule has 0 N–H and O–H groups in total. The van der Waals surface area contributed by atoms with Gasteiger partial charge in [-0.15, -0.1) is 5.10 Å². The highest BCUT2D eigenvalue weighted by Gasteiger charge is 2.21. The quantitative estimate of drug-likeness (QED) is 0.517. The van der Waals surface area contributed by atoms with Crippen molar-refractivity contribution < 1.29 is 0 Å². The van der Waals surface area contributed by atoms with E-state index in [2.05, 4.69) is 32.1 Å². The summed E-state index contributed by atoms with van der Waals surface area (Å²) in [5, 5.41) is 4.64. The second-order valence-corrected chi connectivity index (χ2v) is 7.91. The predicted octanol–water partition coefficient (Wildman–Crippen LogP) is 3.03. The number of aromatic nitrogens is 5. The molecule has 0 atom stereocenters. The SMILES string of the molecule is Cc1cncc(-c2cnc3c(c2)CN(c2nn4c(=O)cc(C)nc4cc2C)CC3)c1. The van der Waals surface area contributed by atoms with Gasteiger partial charge < -0.3 is 4.90 Å². The molecule has 5 heterocycles. The molecule has 0 saturated carbocycles. The number of hydrogen-bond donors (Lipinski definition) is 0. The summed E-state index contributed by atoms with van der Waals surface area (Å²) >= 11 is 0. The summed E-state index contributed by atoms with van der Waals surface area (Å²) in [5.41, 5.74) is 7.66. The second-order valence-electron chi connectivity index (χ2n) is 7.91. The van der Waals surface area contributed by atoms with Gasteiger partial charge in [0.25, 0.3) is 5.56 Å². The minimum Gasteiger partial charge on any atom is -0.350 e. The third kappa shape index (κ3) is 3.22. The highest BCUT2D eigenvalue weighted by molar-refractivity contribution is 5.64.